The Labute approximate surface area is 87.6 Å². The first-order chi connectivity index (χ1) is 7.26. The van der Waals surface area contributed by atoms with E-state index in [1.165, 1.54) is 18.3 Å². The van der Waals surface area contributed by atoms with Gasteiger partial charge in [0.2, 0.25) is 0 Å². The van der Waals surface area contributed by atoms with Gasteiger partial charge < -0.3 is 4.74 Å². The normalized spacial score (nSPS) is 10.2. The van der Waals surface area contributed by atoms with E-state index in [0.29, 0.717) is 24.2 Å². The molecule has 4 heteroatoms. The first-order valence-corrected chi connectivity index (χ1v) is 4.52. The highest BCUT2D eigenvalue weighted by Crippen LogP contribution is 2.00. The molecule has 0 aliphatic rings. The predicted molar refractivity (Wildman–Crippen MR) is 55.3 cm³/mol. The molecule has 0 saturated heterocycles. The number of esters is 1. The molecule has 0 N–H and O–H groups in total. The van der Waals surface area contributed by atoms with Gasteiger partial charge in [-0.2, -0.15) is 0 Å². The molecule has 0 saturated carbocycles. The Bertz CT molecular complexity index is 368. The molecule has 4 nitrogen and oxygen atoms in total. The maximum atomic E-state index is 10.9. The summed E-state index contributed by atoms with van der Waals surface area (Å²) in [6, 6.07) is 3.28. The summed E-state index contributed by atoms with van der Waals surface area (Å²) < 4.78 is 4.70. The summed E-state index contributed by atoms with van der Waals surface area (Å²) in [6.07, 6.45) is 4.99. The van der Waals surface area contributed by atoms with Crippen LogP contribution < -0.4 is 0 Å². The first kappa shape index (κ1) is 11.1. The van der Waals surface area contributed by atoms with Crippen LogP contribution in [0.15, 0.2) is 24.4 Å². The number of aldehydes is 1. The van der Waals surface area contributed by atoms with Crippen LogP contribution in [-0.2, 0) is 9.53 Å². The second kappa shape index (κ2) is 5.70. The summed E-state index contributed by atoms with van der Waals surface area (Å²) in [5, 5.41) is 0. The number of hydrogen-bond donors (Lipinski definition) is 0. The van der Waals surface area contributed by atoms with Crippen LogP contribution >= 0.6 is 0 Å². The SMILES string of the molecule is CCOC(=O)/C=C/c1ccc(C=O)cn1. The second-order valence-corrected chi connectivity index (χ2v) is 2.72. The molecule has 15 heavy (non-hydrogen) atoms. The van der Waals surface area contributed by atoms with Crippen molar-refractivity contribution in [1.82, 2.24) is 4.98 Å². The van der Waals surface area contributed by atoms with E-state index in [1.807, 2.05) is 0 Å². The van der Waals surface area contributed by atoms with E-state index in [0.717, 1.165) is 0 Å². The highest BCUT2D eigenvalue weighted by atomic mass is 16.5. The lowest BCUT2D eigenvalue weighted by Crippen LogP contribution is -1.98. The number of nitrogens with zero attached hydrogens (tertiary/aromatic N) is 1. The van der Waals surface area contributed by atoms with Crippen molar-refractivity contribution in [3.05, 3.63) is 35.7 Å². The molecule has 0 amide bonds. The number of pyridine rings is 1. The minimum Gasteiger partial charge on any atom is -0.463 e. The first-order valence-electron chi connectivity index (χ1n) is 4.52. The average Bonchev–Trinajstić information content (AvgIpc) is 2.27. The molecule has 0 atom stereocenters. The Morgan fingerprint density at radius 2 is 2.33 bits per heavy atom. The van der Waals surface area contributed by atoms with Crippen LogP contribution in [0.5, 0.6) is 0 Å². The molecule has 0 radical (unpaired) electrons. The van der Waals surface area contributed by atoms with Crippen LogP contribution in [0.2, 0.25) is 0 Å². The van der Waals surface area contributed by atoms with E-state index < -0.39 is 5.97 Å². The molecule has 0 bridgehead atoms. The summed E-state index contributed by atoms with van der Waals surface area (Å²) in [7, 11) is 0. The van der Waals surface area contributed by atoms with Crippen LogP contribution in [0, 0.1) is 0 Å². The largest absolute Gasteiger partial charge is 0.463 e. The molecular weight excluding hydrogens is 194 g/mol. The standard InChI is InChI=1S/C11H11NO3/c1-2-15-11(14)6-5-10-4-3-9(8-13)7-12-10/h3-8H,2H2,1H3/b6-5+. The minimum absolute atomic E-state index is 0.348. The quantitative estimate of drug-likeness (QED) is 0.424. The highest BCUT2D eigenvalue weighted by Gasteiger charge is 1.95. The molecule has 0 spiro atoms. The monoisotopic (exact) mass is 205 g/mol. The molecule has 0 aliphatic carbocycles. The maximum absolute atomic E-state index is 10.9. The summed E-state index contributed by atoms with van der Waals surface area (Å²) in [6.45, 7) is 2.09. The molecule has 1 aromatic heterocycles. The molecule has 78 valence electrons. The van der Waals surface area contributed by atoms with Crippen molar-refractivity contribution in [1.29, 1.82) is 0 Å². The third-order valence-electron chi connectivity index (χ3n) is 1.62. The van der Waals surface area contributed by atoms with Gasteiger partial charge in [0.05, 0.1) is 12.3 Å². The molecule has 1 heterocycles. The summed E-state index contributed by atoms with van der Waals surface area (Å²) in [5.41, 5.74) is 1.11. The summed E-state index contributed by atoms with van der Waals surface area (Å²) in [4.78, 5) is 25.2. The van der Waals surface area contributed by atoms with Crippen LogP contribution in [-0.4, -0.2) is 23.8 Å². The van der Waals surface area contributed by atoms with Gasteiger partial charge in [0.1, 0.15) is 0 Å². The van der Waals surface area contributed by atoms with Gasteiger partial charge in [-0.1, -0.05) is 0 Å². The fourth-order valence-electron chi connectivity index (χ4n) is 0.929. The van der Waals surface area contributed by atoms with Crippen molar-refractivity contribution in [3.63, 3.8) is 0 Å². The highest BCUT2D eigenvalue weighted by molar-refractivity contribution is 5.86. The van der Waals surface area contributed by atoms with Gasteiger partial charge in [-0.25, -0.2) is 4.79 Å². The van der Waals surface area contributed by atoms with Crippen LogP contribution in [0.25, 0.3) is 6.08 Å². The summed E-state index contributed by atoms with van der Waals surface area (Å²) in [5.74, 6) is -0.404. The van der Waals surface area contributed by atoms with E-state index in [2.05, 4.69) is 4.98 Å². The van der Waals surface area contributed by atoms with Gasteiger partial charge in [0, 0.05) is 17.8 Å². The van der Waals surface area contributed by atoms with Crippen molar-refractivity contribution >= 4 is 18.3 Å². The number of ether oxygens (including phenoxy) is 1. The molecule has 0 aromatic carbocycles. The third-order valence-corrected chi connectivity index (χ3v) is 1.62. The Hall–Kier alpha value is -1.97. The van der Waals surface area contributed by atoms with Gasteiger partial charge in [-0.05, 0) is 25.1 Å². The lowest BCUT2D eigenvalue weighted by Gasteiger charge is -1.95. The molecule has 0 unspecified atom stereocenters. The minimum atomic E-state index is -0.404. The Morgan fingerprint density at radius 3 is 2.87 bits per heavy atom. The van der Waals surface area contributed by atoms with E-state index in [-0.39, 0.29) is 0 Å². The van der Waals surface area contributed by atoms with Crippen LogP contribution in [0.1, 0.15) is 23.0 Å². The predicted octanol–water partition coefficient (Wildman–Crippen LogP) is 1.47. The van der Waals surface area contributed by atoms with Crippen molar-refractivity contribution in [2.75, 3.05) is 6.61 Å². The zero-order valence-corrected chi connectivity index (χ0v) is 8.34. The van der Waals surface area contributed by atoms with Gasteiger partial charge in [-0.3, -0.25) is 9.78 Å². The van der Waals surface area contributed by atoms with E-state index >= 15 is 0 Å². The summed E-state index contributed by atoms with van der Waals surface area (Å²) >= 11 is 0. The van der Waals surface area contributed by atoms with Crippen molar-refractivity contribution in [3.8, 4) is 0 Å². The number of hydrogen-bond acceptors (Lipinski definition) is 4. The Morgan fingerprint density at radius 1 is 1.53 bits per heavy atom. The van der Waals surface area contributed by atoms with Gasteiger partial charge in [-0.15, -0.1) is 0 Å². The van der Waals surface area contributed by atoms with Crippen LogP contribution in [0.4, 0.5) is 0 Å². The Kier molecular flexibility index (Phi) is 4.22. The van der Waals surface area contributed by atoms with Crippen molar-refractivity contribution < 1.29 is 14.3 Å². The van der Waals surface area contributed by atoms with Gasteiger partial charge in [0.25, 0.3) is 0 Å². The fraction of sp³-hybridized carbons (Fsp3) is 0.182. The molecule has 0 aliphatic heterocycles. The topological polar surface area (TPSA) is 56.3 Å². The van der Waals surface area contributed by atoms with Crippen molar-refractivity contribution in [2.45, 2.75) is 6.92 Å². The number of rotatable bonds is 4. The number of carbonyl (C=O) groups excluding carboxylic acids is 2. The fourth-order valence-corrected chi connectivity index (χ4v) is 0.929. The van der Waals surface area contributed by atoms with Crippen molar-refractivity contribution in [2.24, 2.45) is 0 Å². The van der Waals surface area contributed by atoms with Gasteiger partial charge in [0.15, 0.2) is 6.29 Å². The Balaban J connectivity index is 2.64. The zero-order valence-electron chi connectivity index (χ0n) is 8.34. The molecule has 1 aromatic rings. The lowest BCUT2D eigenvalue weighted by atomic mass is 10.2. The maximum Gasteiger partial charge on any atom is 0.330 e. The third kappa shape index (κ3) is 3.72. The van der Waals surface area contributed by atoms with Gasteiger partial charge >= 0.3 is 5.97 Å². The van der Waals surface area contributed by atoms with E-state index in [9.17, 15) is 9.59 Å². The van der Waals surface area contributed by atoms with Crippen LogP contribution in [0.3, 0.4) is 0 Å². The number of aromatic nitrogens is 1. The van der Waals surface area contributed by atoms with E-state index in [1.54, 1.807) is 19.1 Å². The zero-order chi connectivity index (χ0) is 11.1. The second-order valence-electron chi connectivity index (χ2n) is 2.72. The molecule has 0 fully saturated rings. The average molecular weight is 205 g/mol. The molecule has 1 rings (SSSR count). The number of carbonyl (C=O) groups is 2. The molecular formula is C11H11NO3. The van der Waals surface area contributed by atoms with E-state index in [4.69, 9.17) is 4.74 Å². The lowest BCUT2D eigenvalue weighted by molar-refractivity contribution is -0.137. The smallest absolute Gasteiger partial charge is 0.330 e.